The van der Waals surface area contributed by atoms with E-state index in [0.29, 0.717) is 62.9 Å². The SMILES string of the molecule is COc1ccc2cc1OCC(=O)NCCNCCCC(=O)NCC(CC1CC1)(C(=O)N1CCCC1)C2. The Balaban J connectivity index is 1.64. The number of hydrogen-bond acceptors (Lipinski definition) is 6. The van der Waals surface area contributed by atoms with E-state index in [9.17, 15) is 14.4 Å². The molecular formula is C27H40N4O5. The molecule has 1 atom stereocenters. The van der Waals surface area contributed by atoms with Gasteiger partial charge in [-0.15, -0.1) is 0 Å². The summed E-state index contributed by atoms with van der Waals surface area (Å²) < 4.78 is 11.3. The van der Waals surface area contributed by atoms with Crippen molar-refractivity contribution in [2.24, 2.45) is 11.3 Å². The Kier molecular flexibility index (Phi) is 9.07. The van der Waals surface area contributed by atoms with E-state index < -0.39 is 5.41 Å². The van der Waals surface area contributed by atoms with E-state index in [-0.39, 0.29) is 24.3 Å². The highest BCUT2D eigenvalue weighted by Gasteiger charge is 2.45. The molecule has 1 saturated heterocycles. The number of carbonyl (C=O) groups is 3. The molecule has 2 heterocycles. The Labute approximate surface area is 213 Å². The number of ether oxygens (including phenoxy) is 2. The van der Waals surface area contributed by atoms with Crippen molar-refractivity contribution in [1.29, 1.82) is 0 Å². The maximum atomic E-state index is 14.0. The molecule has 0 spiro atoms. The third-order valence-corrected chi connectivity index (χ3v) is 7.36. The number of benzene rings is 1. The molecule has 36 heavy (non-hydrogen) atoms. The predicted molar refractivity (Wildman–Crippen MR) is 136 cm³/mol. The molecule has 9 heteroatoms. The van der Waals surface area contributed by atoms with Gasteiger partial charge in [-0.1, -0.05) is 18.9 Å². The Morgan fingerprint density at radius 1 is 1.08 bits per heavy atom. The molecule has 2 bridgehead atoms. The minimum absolute atomic E-state index is 0.0284. The predicted octanol–water partition coefficient (Wildman–Crippen LogP) is 1.64. The molecule has 1 aliphatic carbocycles. The highest BCUT2D eigenvalue weighted by molar-refractivity contribution is 5.85. The highest BCUT2D eigenvalue weighted by atomic mass is 16.5. The lowest BCUT2D eigenvalue weighted by Gasteiger charge is -2.37. The number of amides is 3. The average Bonchev–Trinajstić information content (AvgIpc) is 3.52. The molecule has 0 radical (unpaired) electrons. The summed E-state index contributed by atoms with van der Waals surface area (Å²) in [6.07, 6.45) is 6.64. The normalized spacial score (nSPS) is 24.6. The lowest BCUT2D eigenvalue weighted by atomic mass is 9.75. The first-order chi connectivity index (χ1) is 17.5. The first kappa shape index (κ1) is 26.3. The molecule has 3 amide bonds. The van der Waals surface area contributed by atoms with Gasteiger partial charge in [0, 0.05) is 39.1 Å². The lowest BCUT2D eigenvalue weighted by molar-refractivity contribution is -0.142. The summed E-state index contributed by atoms with van der Waals surface area (Å²) in [6, 6.07) is 5.65. The fourth-order valence-corrected chi connectivity index (χ4v) is 5.25. The van der Waals surface area contributed by atoms with E-state index in [4.69, 9.17) is 9.47 Å². The van der Waals surface area contributed by atoms with Gasteiger partial charge in [-0.25, -0.2) is 0 Å². The standard InChI is InChI=1S/C27H40N4O5/c1-35-22-9-8-21-15-23(22)36-18-25(33)29-12-11-28-10-4-5-24(32)30-19-27(17-21,16-20-6-7-20)26(34)31-13-2-3-14-31/h8-9,15,20,28H,2-7,10-14,16-19H2,1H3,(H,29,33)(H,30,32). The fraction of sp³-hybridized carbons (Fsp3) is 0.667. The van der Waals surface area contributed by atoms with E-state index >= 15 is 0 Å². The van der Waals surface area contributed by atoms with Gasteiger partial charge in [0.25, 0.3) is 5.91 Å². The second kappa shape index (κ2) is 12.4. The molecule has 3 N–H and O–H groups in total. The Bertz CT molecular complexity index is 929. The Morgan fingerprint density at radius 3 is 2.64 bits per heavy atom. The van der Waals surface area contributed by atoms with E-state index in [2.05, 4.69) is 16.0 Å². The summed E-state index contributed by atoms with van der Waals surface area (Å²) in [4.78, 5) is 41.0. The molecule has 2 aliphatic heterocycles. The van der Waals surface area contributed by atoms with Crippen molar-refractivity contribution in [2.45, 2.75) is 51.4 Å². The summed E-state index contributed by atoms with van der Waals surface area (Å²) in [7, 11) is 1.57. The molecule has 4 rings (SSSR count). The average molecular weight is 501 g/mol. The fourth-order valence-electron chi connectivity index (χ4n) is 5.25. The van der Waals surface area contributed by atoms with Gasteiger partial charge >= 0.3 is 0 Å². The molecular weight excluding hydrogens is 460 g/mol. The van der Waals surface area contributed by atoms with E-state index in [0.717, 1.165) is 50.8 Å². The zero-order chi connectivity index (χ0) is 25.4. The van der Waals surface area contributed by atoms with Crippen molar-refractivity contribution in [2.75, 3.05) is 53.0 Å². The minimum Gasteiger partial charge on any atom is -0.493 e. The summed E-state index contributed by atoms with van der Waals surface area (Å²) in [5.74, 6) is 1.42. The van der Waals surface area contributed by atoms with Crippen molar-refractivity contribution < 1.29 is 23.9 Å². The maximum Gasteiger partial charge on any atom is 0.257 e. The lowest BCUT2D eigenvalue weighted by Crippen LogP contribution is -2.51. The van der Waals surface area contributed by atoms with Crippen LogP contribution in [0.1, 0.15) is 50.5 Å². The number of nitrogens with zero attached hydrogens (tertiary/aromatic N) is 1. The van der Waals surface area contributed by atoms with Crippen molar-refractivity contribution in [3.8, 4) is 11.5 Å². The van der Waals surface area contributed by atoms with Crippen LogP contribution in [-0.4, -0.2) is 75.6 Å². The number of likely N-dealkylation sites (tertiary alicyclic amines) is 1. The van der Waals surface area contributed by atoms with Gasteiger partial charge in [0.15, 0.2) is 18.1 Å². The zero-order valence-corrected chi connectivity index (χ0v) is 21.4. The molecule has 198 valence electrons. The number of fused-ring (bicyclic) bond motifs is 2. The van der Waals surface area contributed by atoms with Crippen molar-refractivity contribution in [3.05, 3.63) is 23.8 Å². The number of methoxy groups -OCH3 is 1. The van der Waals surface area contributed by atoms with Crippen LogP contribution in [0.15, 0.2) is 18.2 Å². The topological polar surface area (TPSA) is 109 Å². The van der Waals surface area contributed by atoms with Crippen LogP contribution in [0, 0.1) is 11.3 Å². The molecule has 1 aromatic carbocycles. The van der Waals surface area contributed by atoms with Crippen LogP contribution in [0.5, 0.6) is 11.5 Å². The summed E-state index contributed by atoms with van der Waals surface area (Å²) in [5.41, 5.74) is 0.215. The molecule has 2 fully saturated rings. The Hall–Kier alpha value is -2.81. The van der Waals surface area contributed by atoms with Gasteiger partial charge in [-0.3, -0.25) is 14.4 Å². The second-order valence-corrected chi connectivity index (χ2v) is 10.4. The van der Waals surface area contributed by atoms with Gasteiger partial charge in [-0.2, -0.15) is 0 Å². The van der Waals surface area contributed by atoms with E-state index in [1.807, 2.05) is 23.1 Å². The Morgan fingerprint density at radius 2 is 1.89 bits per heavy atom. The van der Waals surface area contributed by atoms with Gasteiger partial charge in [0.2, 0.25) is 11.8 Å². The largest absolute Gasteiger partial charge is 0.493 e. The minimum atomic E-state index is -0.714. The van der Waals surface area contributed by atoms with Crippen LogP contribution in [0.4, 0.5) is 0 Å². The quantitative estimate of drug-likeness (QED) is 0.580. The van der Waals surface area contributed by atoms with Crippen LogP contribution >= 0.6 is 0 Å². The van der Waals surface area contributed by atoms with E-state index in [1.54, 1.807) is 7.11 Å². The highest BCUT2D eigenvalue weighted by Crippen LogP contribution is 2.44. The molecule has 9 nitrogen and oxygen atoms in total. The number of nitrogens with one attached hydrogen (secondary N) is 3. The van der Waals surface area contributed by atoms with E-state index in [1.165, 1.54) is 0 Å². The number of carbonyl (C=O) groups excluding carboxylic acids is 3. The first-order valence-electron chi connectivity index (χ1n) is 13.3. The van der Waals surface area contributed by atoms with Crippen LogP contribution in [-0.2, 0) is 20.8 Å². The van der Waals surface area contributed by atoms with Gasteiger partial charge < -0.3 is 30.3 Å². The van der Waals surface area contributed by atoms with Crippen molar-refractivity contribution in [1.82, 2.24) is 20.9 Å². The van der Waals surface area contributed by atoms with Gasteiger partial charge in [0.05, 0.1) is 12.5 Å². The van der Waals surface area contributed by atoms with Gasteiger partial charge in [-0.05, 0) is 62.3 Å². The van der Waals surface area contributed by atoms with Gasteiger partial charge in [0.1, 0.15) is 0 Å². The van der Waals surface area contributed by atoms with Crippen LogP contribution in [0.3, 0.4) is 0 Å². The monoisotopic (exact) mass is 500 g/mol. The number of rotatable bonds is 4. The molecule has 1 unspecified atom stereocenters. The third-order valence-electron chi connectivity index (χ3n) is 7.36. The molecule has 1 aromatic rings. The molecule has 3 aliphatic rings. The second-order valence-electron chi connectivity index (χ2n) is 10.4. The first-order valence-corrected chi connectivity index (χ1v) is 13.3. The summed E-state index contributed by atoms with van der Waals surface area (Å²) in [6.45, 7) is 3.54. The summed E-state index contributed by atoms with van der Waals surface area (Å²) in [5, 5.41) is 9.20. The molecule has 0 aromatic heterocycles. The maximum absolute atomic E-state index is 14.0. The smallest absolute Gasteiger partial charge is 0.257 e. The molecule has 1 saturated carbocycles. The zero-order valence-electron chi connectivity index (χ0n) is 21.4. The van der Waals surface area contributed by atoms with Crippen LogP contribution in [0.25, 0.3) is 0 Å². The van der Waals surface area contributed by atoms with Crippen molar-refractivity contribution in [3.63, 3.8) is 0 Å². The van der Waals surface area contributed by atoms with Crippen LogP contribution < -0.4 is 25.4 Å². The van der Waals surface area contributed by atoms with Crippen LogP contribution in [0.2, 0.25) is 0 Å². The number of hydrogen-bond donors (Lipinski definition) is 3. The summed E-state index contributed by atoms with van der Waals surface area (Å²) >= 11 is 0. The third kappa shape index (κ3) is 7.12. The van der Waals surface area contributed by atoms with Crippen molar-refractivity contribution >= 4 is 17.7 Å².